The van der Waals surface area contributed by atoms with E-state index < -0.39 is 0 Å². The van der Waals surface area contributed by atoms with Crippen LogP contribution in [0.4, 0.5) is 0 Å². The largest absolute Gasteiger partial charge is 0.493 e. The molecule has 0 saturated heterocycles. The summed E-state index contributed by atoms with van der Waals surface area (Å²) in [5.74, 6) is 2.14. The van der Waals surface area contributed by atoms with Gasteiger partial charge in [-0.15, -0.1) is 0 Å². The minimum Gasteiger partial charge on any atom is -0.493 e. The topological polar surface area (TPSA) is 57.5 Å². The van der Waals surface area contributed by atoms with E-state index in [0.717, 1.165) is 30.1 Å². The molecule has 6 heteroatoms. The minimum atomic E-state index is 0.247. The molecule has 124 valence electrons. The smallest absolute Gasteiger partial charge is 0.231 e. The Hall–Kier alpha value is -2.21. The van der Waals surface area contributed by atoms with E-state index in [4.69, 9.17) is 14.2 Å². The molecule has 6 nitrogen and oxygen atoms in total. The Morgan fingerprint density at radius 1 is 1.30 bits per heavy atom. The Balaban J connectivity index is 1.63. The summed E-state index contributed by atoms with van der Waals surface area (Å²) in [5, 5.41) is 8.01. The van der Waals surface area contributed by atoms with Gasteiger partial charge in [-0.2, -0.15) is 5.10 Å². The highest BCUT2D eigenvalue weighted by atomic mass is 16.7. The molecule has 0 amide bonds. The first kappa shape index (κ1) is 15.7. The van der Waals surface area contributed by atoms with E-state index in [9.17, 15) is 0 Å². The van der Waals surface area contributed by atoms with Crippen molar-refractivity contribution in [1.82, 2.24) is 15.1 Å². The summed E-state index contributed by atoms with van der Waals surface area (Å²) in [6.45, 7) is 8.06. The summed E-state index contributed by atoms with van der Waals surface area (Å²) in [6.07, 6.45) is 0. The fourth-order valence-corrected chi connectivity index (χ4v) is 2.76. The average molecular weight is 317 g/mol. The number of fused-ring (bicyclic) bond motifs is 1. The van der Waals surface area contributed by atoms with Crippen molar-refractivity contribution in [3.05, 3.63) is 35.2 Å². The van der Waals surface area contributed by atoms with E-state index in [1.54, 1.807) is 7.11 Å². The molecular weight excluding hydrogens is 294 g/mol. The Morgan fingerprint density at radius 3 is 2.83 bits per heavy atom. The van der Waals surface area contributed by atoms with E-state index in [-0.39, 0.29) is 6.79 Å². The van der Waals surface area contributed by atoms with Crippen molar-refractivity contribution < 1.29 is 14.2 Å². The normalized spacial score (nSPS) is 14.1. The van der Waals surface area contributed by atoms with Crippen LogP contribution in [0.25, 0.3) is 0 Å². The van der Waals surface area contributed by atoms with Gasteiger partial charge in [-0.25, -0.2) is 0 Å². The third-order valence-electron chi connectivity index (χ3n) is 3.92. The average Bonchev–Trinajstić information content (AvgIpc) is 3.10. The van der Waals surface area contributed by atoms with Crippen molar-refractivity contribution in [1.29, 1.82) is 0 Å². The SMILES string of the molecule is COc1cc(CN[C@@H](C)Cn2nc(C)cc2C)cc2c1OCO2. The molecule has 1 aromatic heterocycles. The van der Waals surface area contributed by atoms with Gasteiger partial charge in [0.15, 0.2) is 11.5 Å². The molecule has 0 bridgehead atoms. The summed E-state index contributed by atoms with van der Waals surface area (Å²) in [6, 6.07) is 6.37. The Morgan fingerprint density at radius 2 is 2.13 bits per heavy atom. The Kier molecular flexibility index (Phi) is 4.43. The molecule has 2 heterocycles. The molecule has 0 saturated carbocycles. The lowest BCUT2D eigenvalue weighted by molar-refractivity contribution is 0.171. The maximum atomic E-state index is 5.46. The zero-order chi connectivity index (χ0) is 16.4. The molecule has 0 radical (unpaired) electrons. The van der Waals surface area contributed by atoms with Gasteiger partial charge in [-0.1, -0.05) is 0 Å². The van der Waals surface area contributed by atoms with Crippen LogP contribution in [0.15, 0.2) is 18.2 Å². The number of aromatic nitrogens is 2. The molecule has 3 rings (SSSR count). The molecule has 0 fully saturated rings. The molecule has 1 atom stereocenters. The molecule has 1 aliphatic heterocycles. The van der Waals surface area contributed by atoms with Crippen LogP contribution < -0.4 is 19.5 Å². The highest BCUT2D eigenvalue weighted by Crippen LogP contribution is 2.41. The number of hydrogen-bond acceptors (Lipinski definition) is 5. The molecule has 2 aromatic rings. The summed E-state index contributed by atoms with van der Waals surface area (Å²) >= 11 is 0. The zero-order valence-electron chi connectivity index (χ0n) is 14.0. The van der Waals surface area contributed by atoms with E-state index >= 15 is 0 Å². The van der Waals surface area contributed by atoms with Gasteiger partial charge in [0.25, 0.3) is 0 Å². The van der Waals surface area contributed by atoms with Crippen molar-refractivity contribution >= 4 is 0 Å². The van der Waals surface area contributed by atoms with Gasteiger partial charge in [-0.05, 0) is 44.5 Å². The van der Waals surface area contributed by atoms with Crippen LogP contribution >= 0.6 is 0 Å². The van der Waals surface area contributed by atoms with Crippen molar-refractivity contribution in [3.8, 4) is 17.2 Å². The first-order valence-electron chi connectivity index (χ1n) is 7.77. The van der Waals surface area contributed by atoms with Crippen LogP contribution in [-0.4, -0.2) is 29.7 Å². The van der Waals surface area contributed by atoms with Crippen molar-refractivity contribution in [2.75, 3.05) is 13.9 Å². The van der Waals surface area contributed by atoms with Crippen molar-refractivity contribution in [3.63, 3.8) is 0 Å². The van der Waals surface area contributed by atoms with Gasteiger partial charge in [0.1, 0.15) is 0 Å². The number of hydrogen-bond donors (Lipinski definition) is 1. The van der Waals surface area contributed by atoms with E-state index in [1.807, 2.05) is 23.7 Å². The lowest BCUT2D eigenvalue weighted by Crippen LogP contribution is -2.30. The summed E-state index contributed by atoms with van der Waals surface area (Å²) in [7, 11) is 1.64. The second-order valence-electron chi connectivity index (χ2n) is 5.92. The fraction of sp³-hybridized carbons (Fsp3) is 0.471. The molecule has 23 heavy (non-hydrogen) atoms. The van der Waals surface area contributed by atoms with Gasteiger partial charge >= 0.3 is 0 Å². The number of benzene rings is 1. The standard InChI is InChI=1S/C17H23N3O3/c1-11-5-13(3)20(19-11)9-12(2)18-8-14-6-15(21-4)17-16(7-14)22-10-23-17/h5-7,12,18H,8-10H2,1-4H3/t12-/m0/s1. The predicted octanol–water partition coefficient (Wildman–Crippen LogP) is 2.42. The van der Waals surface area contributed by atoms with Crippen LogP contribution in [0, 0.1) is 13.8 Å². The summed E-state index contributed by atoms with van der Waals surface area (Å²) in [4.78, 5) is 0. The molecule has 0 unspecified atom stereocenters. The van der Waals surface area contributed by atoms with E-state index in [1.165, 1.54) is 5.69 Å². The van der Waals surface area contributed by atoms with Crippen molar-refractivity contribution in [2.24, 2.45) is 0 Å². The van der Waals surface area contributed by atoms with E-state index in [2.05, 4.69) is 30.3 Å². The van der Waals surface area contributed by atoms with Gasteiger partial charge in [0.05, 0.1) is 19.3 Å². The van der Waals surface area contributed by atoms with Crippen LogP contribution in [0.2, 0.25) is 0 Å². The number of aryl methyl sites for hydroxylation is 2. The highest BCUT2D eigenvalue weighted by Gasteiger charge is 2.20. The monoisotopic (exact) mass is 317 g/mol. The maximum absolute atomic E-state index is 5.46. The number of nitrogens with zero attached hydrogens (tertiary/aromatic N) is 2. The first-order chi connectivity index (χ1) is 11.1. The maximum Gasteiger partial charge on any atom is 0.231 e. The summed E-state index contributed by atoms with van der Waals surface area (Å²) < 4.78 is 18.3. The highest BCUT2D eigenvalue weighted by molar-refractivity contribution is 5.55. The lowest BCUT2D eigenvalue weighted by atomic mass is 10.1. The Bertz CT molecular complexity index is 697. The number of methoxy groups -OCH3 is 1. The first-order valence-corrected chi connectivity index (χ1v) is 7.77. The molecule has 1 N–H and O–H groups in total. The molecule has 0 spiro atoms. The summed E-state index contributed by atoms with van der Waals surface area (Å²) in [5.41, 5.74) is 3.34. The van der Waals surface area contributed by atoms with Crippen LogP contribution in [0.5, 0.6) is 17.2 Å². The molecule has 1 aliphatic rings. The second-order valence-corrected chi connectivity index (χ2v) is 5.92. The molecular formula is C17H23N3O3. The predicted molar refractivity (Wildman–Crippen MR) is 87.1 cm³/mol. The lowest BCUT2D eigenvalue weighted by Gasteiger charge is -2.16. The third kappa shape index (κ3) is 3.42. The zero-order valence-corrected chi connectivity index (χ0v) is 14.0. The van der Waals surface area contributed by atoms with Gasteiger partial charge < -0.3 is 19.5 Å². The van der Waals surface area contributed by atoms with Crippen LogP contribution in [-0.2, 0) is 13.1 Å². The third-order valence-corrected chi connectivity index (χ3v) is 3.92. The molecule has 0 aliphatic carbocycles. The number of ether oxygens (including phenoxy) is 3. The Labute approximate surface area is 136 Å². The fourth-order valence-electron chi connectivity index (χ4n) is 2.76. The molecule has 1 aromatic carbocycles. The number of nitrogens with one attached hydrogen (secondary N) is 1. The second kappa shape index (κ2) is 6.50. The van der Waals surface area contributed by atoms with E-state index in [0.29, 0.717) is 17.5 Å². The quantitative estimate of drug-likeness (QED) is 0.887. The van der Waals surface area contributed by atoms with Crippen LogP contribution in [0.1, 0.15) is 23.9 Å². The number of rotatable bonds is 6. The van der Waals surface area contributed by atoms with Crippen LogP contribution in [0.3, 0.4) is 0 Å². The van der Waals surface area contributed by atoms with Crippen molar-refractivity contribution in [2.45, 2.75) is 39.9 Å². The van der Waals surface area contributed by atoms with Gasteiger partial charge in [0.2, 0.25) is 12.5 Å². The van der Waals surface area contributed by atoms with Gasteiger partial charge in [0, 0.05) is 18.3 Å². The van der Waals surface area contributed by atoms with Gasteiger partial charge in [-0.3, -0.25) is 4.68 Å². The minimum absolute atomic E-state index is 0.247.